The molecule has 0 saturated heterocycles. The number of phenols is 1. The Morgan fingerprint density at radius 1 is 1.00 bits per heavy atom. The third-order valence-electron chi connectivity index (χ3n) is 10.1. The highest BCUT2D eigenvalue weighted by Gasteiger charge is 2.39. The summed E-state index contributed by atoms with van der Waals surface area (Å²) in [7, 11) is -2.24. The molecule has 0 aliphatic heterocycles. The molecule has 0 unspecified atom stereocenters. The van der Waals surface area contributed by atoms with Crippen LogP contribution < -0.4 is 21.9 Å². The van der Waals surface area contributed by atoms with Crippen molar-refractivity contribution in [1.29, 1.82) is 0 Å². The van der Waals surface area contributed by atoms with Crippen molar-refractivity contribution in [2.24, 2.45) is 0 Å². The number of oxazole rings is 1. The number of aryl methyl sites for hydroxylation is 1. The van der Waals surface area contributed by atoms with E-state index < -0.39 is 20.2 Å². The Morgan fingerprint density at radius 3 is 2.52 bits per heavy atom. The molecular weight excluding hydrogens is 701 g/mol. The van der Waals surface area contributed by atoms with E-state index in [-0.39, 0.29) is 22.5 Å². The monoisotopic (exact) mass is 746 g/mol. The zero-order valence-electron chi connectivity index (χ0n) is 31.1. The smallest absolute Gasteiger partial charge is 0.419 e. The molecule has 1 atom stereocenters. The molecule has 54 heavy (non-hydrogen) atoms. The number of benzene rings is 4. The quantitative estimate of drug-likeness (QED) is 0.0734. The number of H-pyrrole nitrogens is 1. The van der Waals surface area contributed by atoms with Gasteiger partial charge in [-0.25, -0.2) is 9.59 Å². The lowest BCUT2D eigenvalue weighted by Crippen LogP contribution is -2.43. The minimum Gasteiger partial charge on any atom is -0.506 e. The predicted octanol–water partition coefficient (Wildman–Crippen LogP) is 8.85. The van der Waals surface area contributed by atoms with Crippen molar-refractivity contribution < 1.29 is 23.9 Å². The largest absolute Gasteiger partial charge is 0.506 e. The normalized spacial score (nSPS) is 12.8. The van der Waals surface area contributed by atoms with Gasteiger partial charge in [0, 0.05) is 36.7 Å². The molecule has 12 heteroatoms. The first-order chi connectivity index (χ1) is 25.7. The zero-order valence-corrected chi connectivity index (χ0v) is 32.1. The first kappa shape index (κ1) is 38.0. The van der Waals surface area contributed by atoms with Crippen molar-refractivity contribution in [3.8, 4) is 16.9 Å². The van der Waals surface area contributed by atoms with E-state index in [1.807, 2.05) is 78.9 Å². The number of anilines is 1. The number of nitrogens with one attached hydrogen (secondary N) is 3. The number of pyridine rings is 1. The Kier molecular flexibility index (Phi) is 11.1. The Balaban J connectivity index is 1.15. The summed E-state index contributed by atoms with van der Waals surface area (Å²) in [5, 5.41) is 26.5. The van der Waals surface area contributed by atoms with Crippen molar-refractivity contribution in [2.75, 3.05) is 11.9 Å². The Labute approximate surface area is 314 Å². The van der Waals surface area contributed by atoms with Crippen molar-refractivity contribution >= 4 is 48.2 Å². The second-order valence-corrected chi connectivity index (χ2v) is 19.7. The van der Waals surface area contributed by atoms with Gasteiger partial charge in [-0.05, 0) is 83.2 Å². The van der Waals surface area contributed by atoms with Crippen molar-refractivity contribution in [1.82, 2.24) is 14.9 Å². The lowest BCUT2D eigenvalue weighted by Gasteiger charge is -2.39. The molecule has 0 aliphatic carbocycles. The average molecular weight is 747 g/mol. The molecule has 2 aromatic heterocycles. The highest BCUT2D eigenvalue weighted by Crippen LogP contribution is 2.41. The number of carboxylic acid groups (broad SMARTS) is 1. The number of fused-ring (bicyclic) bond motifs is 2. The van der Waals surface area contributed by atoms with Crippen LogP contribution in [-0.4, -0.2) is 40.7 Å². The van der Waals surface area contributed by atoms with E-state index >= 15 is 0 Å². The Morgan fingerprint density at radius 2 is 1.78 bits per heavy atom. The molecule has 0 radical (unpaired) electrons. The highest BCUT2D eigenvalue weighted by molar-refractivity contribution is 6.74. The number of phenolic OH excluding ortho intramolecular Hbond substituents is 1. The van der Waals surface area contributed by atoms with Crippen LogP contribution in [0.4, 0.5) is 10.5 Å². The van der Waals surface area contributed by atoms with Crippen LogP contribution in [0.3, 0.4) is 0 Å². The van der Waals surface area contributed by atoms with E-state index in [1.54, 1.807) is 22.8 Å². The molecule has 0 aliphatic rings. The van der Waals surface area contributed by atoms with E-state index in [0.717, 1.165) is 33.2 Å². The van der Waals surface area contributed by atoms with E-state index in [1.165, 1.54) is 6.07 Å². The second kappa shape index (κ2) is 15.7. The number of allylic oxidation sites excluding steroid dienone is 1. The molecule has 0 bridgehead atoms. The van der Waals surface area contributed by atoms with Crippen LogP contribution in [0.1, 0.15) is 50.0 Å². The number of nitrogens with zero attached hydrogens (tertiary/aromatic N) is 1. The van der Waals surface area contributed by atoms with Crippen LogP contribution >= 0.6 is 0 Å². The van der Waals surface area contributed by atoms with Crippen LogP contribution in [0.25, 0.3) is 39.2 Å². The minimum atomic E-state index is -2.24. The summed E-state index contributed by atoms with van der Waals surface area (Å²) in [5.74, 6) is -0.429. The number of rotatable bonds is 13. The van der Waals surface area contributed by atoms with Crippen LogP contribution in [0, 0.1) is 0 Å². The predicted molar refractivity (Wildman–Crippen MR) is 217 cm³/mol. The van der Waals surface area contributed by atoms with Gasteiger partial charge in [0.25, 0.3) is 0 Å². The zero-order chi connectivity index (χ0) is 38.6. The van der Waals surface area contributed by atoms with E-state index in [4.69, 9.17) is 8.84 Å². The molecule has 2 heterocycles. The van der Waals surface area contributed by atoms with Crippen LogP contribution in [0.2, 0.25) is 18.1 Å². The fourth-order valence-corrected chi connectivity index (χ4v) is 7.51. The summed E-state index contributed by atoms with van der Waals surface area (Å²) in [6, 6.07) is 27.5. The molecule has 0 spiro atoms. The highest BCUT2D eigenvalue weighted by atomic mass is 28.4. The lowest BCUT2D eigenvalue weighted by atomic mass is 10.0. The standard InChI is InChI=1S/C42H46N4O7Si/c1-42(2,3)54(4,5)53-37(30-16-20-35(47)39-31(30)17-21-38(48)45-39)26-43-25-28-15-19-34-36(24-28)52-41(51)46(34)22-10-9-11-27-14-18-33(44-40(49)50)32(23-27)29-12-7-6-8-13-29/h6-9,11-21,23-24,37,43-44,47H,10,22,25-26H2,1-5H3,(H,45,48)(H,49,50)/t37-/m0/s1. The van der Waals surface area contributed by atoms with Gasteiger partial charge in [0.05, 0.1) is 22.8 Å². The number of aromatic hydroxyl groups is 1. The maximum atomic E-state index is 12.9. The maximum absolute atomic E-state index is 12.9. The van der Waals surface area contributed by atoms with Crippen LogP contribution in [-0.2, 0) is 17.5 Å². The third-order valence-corrected chi connectivity index (χ3v) is 14.6. The minimum absolute atomic E-state index is 0.00249. The molecule has 280 valence electrons. The number of hydrogen-bond acceptors (Lipinski definition) is 7. The van der Waals surface area contributed by atoms with Gasteiger partial charge in [-0.3, -0.25) is 14.7 Å². The number of aromatic nitrogens is 2. The van der Waals surface area contributed by atoms with Crippen molar-refractivity contribution in [2.45, 2.75) is 64.5 Å². The second-order valence-electron chi connectivity index (χ2n) is 14.9. The number of amides is 1. The Hall–Kier alpha value is -5.69. The first-order valence-corrected chi connectivity index (χ1v) is 20.8. The Bertz CT molecular complexity index is 2440. The summed E-state index contributed by atoms with van der Waals surface area (Å²) in [5.41, 5.74) is 6.16. The third kappa shape index (κ3) is 8.57. The molecule has 1 amide bonds. The summed E-state index contributed by atoms with van der Waals surface area (Å²) in [6.45, 7) is 12.3. The fraction of sp³-hybridized carbons (Fsp3) is 0.262. The maximum Gasteiger partial charge on any atom is 0.419 e. The number of hydrogen-bond donors (Lipinski definition) is 5. The molecule has 5 N–H and O–H groups in total. The van der Waals surface area contributed by atoms with Gasteiger partial charge in [0.2, 0.25) is 5.56 Å². The summed E-state index contributed by atoms with van der Waals surface area (Å²) < 4.78 is 14.2. The van der Waals surface area contributed by atoms with Crippen LogP contribution in [0.5, 0.6) is 5.75 Å². The number of carbonyl (C=O) groups is 1. The van der Waals surface area contributed by atoms with Crippen molar-refractivity contribution in [3.63, 3.8) is 0 Å². The molecule has 0 saturated carbocycles. The molecule has 6 aromatic rings. The van der Waals surface area contributed by atoms with Crippen LogP contribution in [0.15, 0.2) is 111 Å². The summed E-state index contributed by atoms with van der Waals surface area (Å²) in [4.78, 5) is 39.1. The van der Waals surface area contributed by atoms with Gasteiger partial charge >= 0.3 is 11.8 Å². The SMILES string of the molecule is CC(C)(C)[Si](C)(C)O[C@@H](CNCc1ccc2c(c1)oc(=O)n2CCC=Cc1ccc(NC(=O)O)c(-c2ccccc2)c1)c1ccc(O)c2[nH]c(=O)ccc12. The van der Waals surface area contributed by atoms with Gasteiger partial charge in [-0.2, -0.15) is 0 Å². The molecule has 11 nitrogen and oxygen atoms in total. The van der Waals surface area contributed by atoms with E-state index in [9.17, 15) is 24.6 Å². The van der Waals surface area contributed by atoms with Crippen molar-refractivity contribution in [3.05, 3.63) is 135 Å². The van der Waals surface area contributed by atoms with E-state index in [0.29, 0.717) is 48.4 Å². The molecule has 0 fully saturated rings. The van der Waals surface area contributed by atoms with Gasteiger partial charge in [-0.15, -0.1) is 0 Å². The molecule has 6 rings (SSSR count). The molecular formula is C42H46N4O7Si. The van der Waals surface area contributed by atoms with Gasteiger partial charge in [0.15, 0.2) is 13.9 Å². The number of aromatic amines is 1. The summed E-state index contributed by atoms with van der Waals surface area (Å²) >= 11 is 0. The summed E-state index contributed by atoms with van der Waals surface area (Å²) in [6.07, 6.45) is 3.02. The lowest BCUT2D eigenvalue weighted by molar-refractivity contribution is 0.181. The van der Waals surface area contributed by atoms with Gasteiger partial charge < -0.3 is 29.4 Å². The van der Waals surface area contributed by atoms with Gasteiger partial charge in [0.1, 0.15) is 5.75 Å². The topological polar surface area (TPSA) is 159 Å². The fourth-order valence-electron chi connectivity index (χ4n) is 6.24. The van der Waals surface area contributed by atoms with Gasteiger partial charge in [-0.1, -0.05) is 81.5 Å². The first-order valence-electron chi connectivity index (χ1n) is 17.9. The van der Waals surface area contributed by atoms with E-state index in [2.05, 4.69) is 49.5 Å². The average Bonchev–Trinajstić information content (AvgIpc) is 3.43. The molecule has 4 aromatic carbocycles.